The van der Waals surface area contributed by atoms with E-state index >= 15 is 0 Å². The number of nitrogens with two attached hydrogens (primary N) is 1. The summed E-state index contributed by atoms with van der Waals surface area (Å²) in [7, 11) is -4.53. The van der Waals surface area contributed by atoms with Crippen molar-refractivity contribution < 1.29 is 17.4 Å². The molecule has 1 aliphatic carbocycles. The van der Waals surface area contributed by atoms with Gasteiger partial charge in [-0.2, -0.15) is 8.42 Å². The summed E-state index contributed by atoms with van der Waals surface area (Å²) in [6.07, 6.45) is 0. The van der Waals surface area contributed by atoms with Gasteiger partial charge in [0.05, 0.1) is 6.07 Å². The zero-order valence-corrected chi connectivity index (χ0v) is 24.0. The molecule has 0 spiro atoms. The van der Waals surface area contributed by atoms with Crippen molar-refractivity contribution in [3.63, 3.8) is 0 Å². The van der Waals surface area contributed by atoms with E-state index in [1.165, 1.54) is 6.07 Å². The molecule has 208 valence electrons. The highest BCUT2D eigenvalue weighted by Crippen LogP contribution is 2.43. The number of hydrogen-bond donors (Lipinski definition) is 3. The molecule has 2 aromatic carbocycles. The first kappa shape index (κ1) is 28.8. The molecule has 0 fully saturated rings. The van der Waals surface area contributed by atoms with Gasteiger partial charge in [0.2, 0.25) is 5.36 Å². The molecule has 0 amide bonds. The highest BCUT2D eigenvalue weighted by atomic mass is 32.2. The molecule has 4 N–H and O–H groups in total. The number of hydrogen-bond acceptors (Lipinski definition) is 6. The lowest BCUT2D eigenvalue weighted by atomic mass is 9.92. The van der Waals surface area contributed by atoms with E-state index in [2.05, 4.69) is 42.5 Å². The minimum Gasteiger partial charge on any atom is -0.456 e. The van der Waals surface area contributed by atoms with Gasteiger partial charge in [-0.3, -0.25) is 4.55 Å². The van der Waals surface area contributed by atoms with Gasteiger partial charge in [-0.1, -0.05) is 12.1 Å². The Morgan fingerprint density at radius 1 is 0.949 bits per heavy atom. The molecule has 0 unspecified atom stereocenters. The molecule has 2 aromatic rings. The molecule has 8 nitrogen and oxygen atoms in total. The van der Waals surface area contributed by atoms with Gasteiger partial charge in [0, 0.05) is 72.6 Å². The van der Waals surface area contributed by atoms with Crippen LogP contribution in [0.5, 0.6) is 0 Å². The lowest BCUT2D eigenvalue weighted by Gasteiger charge is -2.22. The molecule has 1 aliphatic heterocycles. The predicted molar refractivity (Wildman–Crippen MR) is 159 cm³/mol. The SMILES string of the molecule is CCN(CC)c1ccc2c(-c3ccc(CNCCN)cc3S(=O)(=O)O)c3ccc(=[N+](CC)CC)cc-3oc2c1. The van der Waals surface area contributed by atoms with Gasteiger partial charge in [0.1, 0.15) is 29.3 Å². The Balaban J connectivity index is 2.08. The molecule has 0 saturated carbocycles. The summed E-state index contributed by atoms with van der Waals surface area (Å²) in [5.41, 5.74) is 9.89. The first-order chi connectivity index (χ1) is 18.7. The van der Waals surface area contributed by atoms with E-state index in [1.54, 1.807) is 6.07 Å². The van der Waals surface area contributed by atoms with E-state index in [4.69, 9.17) is 10.2 Å². The summed E-state index contributed by atoms with van der Waals surface area (Å²) in [5.74, 6) is 0.647. The van der Waals surface area contributed by atoms with E-state index < -0.39 is 10.1 Å². The second-order valence-electron chi connectivity index (χ2n) is 9.45. The smallest absolute Gasteiger partial charge is 0.295 e. The van der Waals surface area contributed by atoms with Crippen LogP contribution in [0.1, 0.15) is 33.3 Å². The fourth-order valence-corrected chi connectivity index (χ4v) is 5.91. The van der Waals surface area contributed by atoms with Gasteiger partial charge in [-0.25, -0.2) is 4.58 Å². The molecule has 0 radical (unpaired) electrons. The van der Waals surface area contributed by atoms with Crippen LogP contribution >= 0.6 is 0 Å². The fraction of sp³-hybridized carbons (Fsp3) is 0.367. The normalized spacial score (nSPS) is 11.8. The van der Waals surface area contributed by atoms with Crippen LogP contribution in [0, 0.1) is 0 Å². The van der Waals surface area contributed by atoms with Crippen molar-refractivity contribution in [3.05, 3.63) is 65.5 Å². The lowest BCUT2D eigenvalue weighted by Crippen LogP contribution is -2.29. The third kappa shape index (κ3) is 6.01. The van der Waals surface area contributed by atoms with E-state index in [1.807, 2.05) is 42.5 Å². The van der Waals surface area contributed by atoms with Crippen LogP contribution < -0.4 is 25.9 Å². The third-order valence-electron chi connectivity index (χ3n) is 7.19. The van der Waals surface area contributed by atoms with Gasteiger partial charge in [-0.05, 0) is 57.5 Å². The summed E-state index contributed by atoms with van der Waals surface area (Å²) in [6.45, 7) is 13.3. The molecule has 0 atom stereocenters. The lowest BCUT2D eigenvalue weighted by molar-refractivity contribution is 0.483. The third-order valence-corrected chi connectivity index (χ3v) is 8.08. The van der Waals surface area contributed by atoms with Crippen molar-refractivity contribution in [1.29, 1.82) is 0 Å². The topological polar surface area (TPSA) is 112 Å². The minimum atomic E-state index is -4.53. The van der Waals surface area contributed by atoms with Crippen molar-refractivity contribution in [2.24, 2.45) is 5.73 Å². The molecule has 4 rings (SSSR count). The first-order valence-electron chi connectivity index (χ1n) is 13.6. The van der Waals surface area contributed by atoms with Crippen LogP contribution in [0.3, 0.4) is 0 Å². The van der Waals surface area contributed by atoms with Crippen LogP contribution in [0.15, 0.2) is 63.9 Å². The number of fused-ring (bicyclic) bond motifs is 2. The Bertz CT molecular complexity index is 1600. The Morgan fingerprint density at radius 2 is 1.67 bits per heavy atom. The number of nitrogens with zero attached hydrogens (tertiary/aromatic N) is 2. The maximum Gasteiger partial charge on any atom is 0.295 e. The van der Waals surface area contributed by atoms with E-state index in [-0.39, 0.29) is 4.90 Å². The van der Waals surface area contributed by atoms with Crippen LogP contribution in [-0.4, -0.2) is 52.2 Å². The van der Waals surface area contributed by atoms with Crippen molar-refractivity contribution in [3.8, 4) is 22.5 Å². The van der Waals surface area contributed by atoms with Gasteiger partial charge >= 0.3 is 0 Å². The van der Waals surface area contributed by atoms with Crippen LogP contribution in [0.2, 0.25) is 0 Å². The largest absolute Gasteiger partial charge is 0.456 e. The summed E-state index contributed by atoms with van der Waals surface area (Å²) >= 11 is 0. The zero-order valence-electron chi connectivity index (χ0n) is 23.2. The number of rotatable bonds is 11. The first-order valence-corrected chi connectivity index (χ1v) is 15.0. The molecule has 1 heterocycles. The summed E-state index contributed by atoms with van der Waals surface area (Å²) < 4.78 is 44.5. The van der Waals surface area contributed by atoms with Crippen molar-refractivity contribution in [1.82, 2.24) is 9.89 Å². The molecular formula is C30H39N4O4S+. The Labute approximate surface area is 230 Å². The Kier molecular flexibility index (Phi) is 9.07. The summed E-state index contributed by atoms with van der Waals surface area (Å²) in [4.78, 5) is 2.10. The molecule has 9 heteroatoms. The molecule has 39 heavy (non-hydrogen) atoms. The highest BCUT2D eigenvalue weighted by Gasteiger charge is 2.25. The molecule has 0 saturated heterocycles. The molecule has 0 bridgehead atoms. The second-order valence-corrected chi connectivity index (χ2v) is 10.8. The number of anilines is 1. The van der Waals surface area contributed by atoms with Crippen LogP contribution in [0.25, 0.3) is 33.4 Å². The maximum atomic E-state index is 12.7. The van der Waals surface area contributed by atoms with E-state index in [0.717, 1.165) is 53.7 Å². The minimum absolute atomic E-state index is 0.135. The monoisotopic (exact) mass is 551 g/mol. The fourth-order valence-electron chi connectivity index (χ4n) is 5.16. The van der Waals surface area contributed by atoms with Gasteiger partial charge < -0.3 is 20.4 Å². The number of benzene rings is 3. The summed E-state index contributed by atoms with van der Waals surface area (Å²) in [5, 5.41) is 4.98. The Morgan fingerprint density at radius 3 is 2.31 bits per heavy atom. The van der Waals surface area contributed by atoms with Crippen molar-refractivity contribution in [2.75, 3.05) is 44.2 Å². The summed E-state index contributed by atoms with van der Waals surface area (Å²) in [6, 6.07) is 17.2. The van der Waals surface area contributed by atoms with E-state index in [0.29, 0.717) is 42.1 Å². The van der Waals surface area contributed by atoms with Gasteiger partial charge in [-0.15, -0.1) is 0 Å². The Hall–Kier alpha value is -3.24. The maximum absolute atomic E-state index is 12.7. The van der Waals surface area contributed by atoms with Crippen LogP contribution in [0.4, 0.5) is 5.69 Å². The molecular weight excluding hydrogens is 512 g/mol. The average Bonchev–Trinajstić information content (AvgIpc) is 2.92. The van der Waals surface area contributed by atoms with E-state index in [9.17, 15) is 13.0 Å². The highest BCUT2D eigenvalue weighted by molar-refractivity contribution is 7.86. The van der Waals surface area contributed by atoms with Crippen LogP contribution in [-0.2, 0) is 16.7 Å². The second kappa shape index (κ2) is 12.3. The average molecular weight is 552 g/mol. The molecule has 2 aliphatic rings. The quantitative estimate of drug-likeness (QED) is 0.111. The number of nitrogens with one attached hydrogen (secondary N) is 1. The van der Waals surface area contributed by atoms with Crippen molar-refractivity contribution in [2.45, 2.75) is 39.1 Å². The van der Waals surface area contributed by atoms with Gasteiger partial charge in [0.15, 0.2) is 0 Å². The standard InChI is InChI=1S/C30H38N4O4S/c1-5-33(6-2)22-10-13-24-27(18-22)38-28-19-23(34(7-3)8-4)11-14-25(28)30(24)26-12-9-21(20-32-16-15-31)17-29(26)39(35,36)37/h9-14,17-19,32H,5-8,15-16,20,31H2,1-4H3/p+1. The predicted octanol–water partition coefficient (Wildman–Crippen LogP) is 4.16. The molecule has 0 aromatic heterocycles. The van der Waals surface area contributed by atoms with Gasteiger partial charge in [0.25, 0.3) is 10.1 Å². The van der Waals surface area contributed by atoms with Crippen molar-refractivity contribution >= 4 is 26.8 Å². The zero-order chi connectivity index (χ0) is 28.2.